The van der Waals surface area contributed by atoms with Crippen molar-refractivity contribution in [2.45, 2.75) is 20.0 Å². The molecule has 1 aromatic carbocycles. The predicted octanol–water partition coefficient (Wildman–Crippen LogP) is 4.00. The molecule has 1 saturated heterocycles. The number of hydrogen-bond acceptors (Lipinski definition) is 6. The standard InChI is InChI=1S/C18H18BrNO5S/c1-4-7-24-14-6-5-13(19)8-12(14)9-15-17(22)20(18(23)26-15)10-16(21)25-11(2)3/h4-6,8-9,11H,1,7,10H2,2-3H3/b15-9-. The van der Waals surface area contributed by atoms with Gasteiger partial charge in [0.2, 0.25) is 0 Å². The van der Waals surface area contributed by atoms with E-state index >= 15 is 0 Å². The molecule has 0 spiro atoms. The molecule has 0 unspecified atom stereocenters. The van der Waals surface area contributed by atoms with Crippen LogP contribution in [0.25, 0.3) is 6.08 Å². The Hall–Kier alpha value is -2.06. The van der Waals surface area contributed by atoms with Gasteiger partial charge in [0, 0.05) is 10.0 Å². The number of rotatable bonds is 7. The van der Waals surface area contributed by atoms with E-state index in [1.165, 1.54) is 0 Å². The van der Waals surface area contributed by atoms with Gasteiger partial charge in [-0.2, -0.15) is 0 Å². The molecule has 0 atom stereocenters. The van der Waals surface area contributed by atoms with Gasteiger partial charge >= 0.3 is 5.97 Å². The maximum Gasteiger partial charge on any atom is 0.326 e. The minimum absolute atomic E-state index is 0.217. The second-order valence-electron chi connectivity index (χ2n) is 5.59. The van der Waals surface area contributed by atoms with E-state index in [2.05, 4.69) is 22.5 Å². The topological polar surface area (TPSA) is 72.9 Å². The first kappa shape index (κ1) is 20.3. The van der Waals surface area contributed by atoms with E-state index in [4.69, 9.17) is 9.47 Å². The van der Waals surface area contributed by atoms with Crippen molar-refractivity contribution in [3.8, 4) is 5.75 Å². The minimum atomic E-state index is -0.624. The first-order valence-corrected chi connectivity index (χ1v) is 9.41. The Morgan fingerprint density at radius 2 is 2.12 bits per heavy atom. The first-order chi connectivity index (χ1) is 12.3. The monoisotopic (exact) mass is 439 g/mol. The van der Waals surface area contributed by atoms with Gasteiger partial charge in [-0.3, -0.25) is 19.3 Å². The SMILES string of the molecule is C=CCOc1ccc(Br)cc1/C=C1\SC(=O)N(CC(=O)OC(C)C)C1=O. The summed E-state index contributed by atoms with van der Waals surface area (Å²) in [7, 11) is 0. The number of ether oxygens (including phenoxy) is 2. The second-order valence-corrected chi connectivity index (χ2v) is 7.50. The summed E-state index contributed by atoms with van der Waals surface area (Å²) in [5.74, 6) is -0.601. The third-order valence-corrected chi connectivity index (χ3v) is 4.54. The molecule has 2 rings (SSSR count). The maximum absolute atomic E-state index is 12.5. The average Bonchev–Trinajstić information content (AvgIpc) is 2.81. The number of hydrogen-bond donors (Lipinski definition) is 0. The largest absolute Gasteiger partial charge is 0.489 e. The molecule has 2 amide bonds. The molecule has 1 fully saturated rings. The summed E-state index contributed by atoms with van der Waals surface area (Å²) in [6.45, 7) is 6.91. The van der Waals surface area contributed by atoms with Crippen LogP contribution in [0.3, 0.4) is 0 Å². The molecule has 0 aromatic heterocycles. The van der Waals surface area contributed by atoms with E-state index in [0.717, 1.165) is 21.1 Å². The molecule has 1 aliphatic rings. The van der Waals surface area contributed by atoms with Gasteiger partial charge < -0.3 is 9.47 Å². The zero-order valence-corrected chi connectivity index (χ0v) is 16.8. The van der Waals surface area contributed by atoms with Gasteiger partial charge in [0.1, 0.15) is 18.9 Å². The highest BCUT2D eigenvalue weighted by Gasteiger charge is 2.37. The third kappa shape index (κ3) is 5.22. The fourth-order valence-electron chi connectivity index (χ4n) is 2.12. The van der Waals surface area contributed by atoms with Crippen molar-refractivity contribution >= 4 is 50.9 Å². The molecule has 1 aliphatic heterocycles. The Morgan fingerprint density at radius 1 is 1.38 bits per heavy atom. The number of imide groups is 1. The molecular formula is C18H18BrNO5S. The second kappa shape index (κ2) is 9.05. The van der Waals surface area contributed by atoms with Gasteiger partial charge in [-0.15, -0.1) is 0 Å². The van der Waals surface area contributed by atoms with E-state index in [1.807, 2.05) is 6.07 Å². The molecule has 1 aromatic rings. The van der Waals surface area contributed by atoms with Gasteiger partial charge in [0.25, 0.3) is 11.1 Å². The molecule has 0 bridgehead atoms. The molecular weight excluding hydrogens is 422 g/mol. The summed E-state index contributed by atoms with van der Waals surface area (Å²) in [5, 5.41) is -0.509. The van der Waals surface area contributed by atoms with Crippen LogP contribution < -0.4 is 4.74 Å². The normalized spacial score (nSPS) is 15.7. The molecule has 0 saturated carbocycles. The molecule has 0 aliphatic carbocycles. The van der Waals surface area contributed by atoms with E-state index in [-0.39, 0.29) is 11.0 Å². The Balaban J connectivity index is 2.23. The Kier molecular flexibility index (Phi) is 7.05. The number of carbonyl (C=O) groups excluding carboxylic acids is 3. The molecule has 0 radical (unpaired) electrons. The molecule has 26 heavy (non-hydrogen) atoms. The van der Waals surface area contributed by atoms with Crippen molar-refractivity contribution in [2.75, 3.05) is 13.2 Å². The molecule has 138 valence electrons. The highest BCUT2D eigenvalue weighted by atomic mass is 79.9. The fourth-order valence-corrected chi connectivity index (χ4v) is 3.33. The number of carbonyl (C=O) groups is 3. The summed E-state index contributed by atoms with van der Waals surface area (Å²) in [5.41, 5.74) is 0.636. The van der Waals surface area contributed by atoms with Crippen molar-refractivity contribution in [3.63, 3.8) is 0 Å². The summed E-state index contributed by atoms with van der Waals surface area (Å²) in [6.07, 6.45) is 2.87. The number of esters is 1. The van der Waals surface area contributed by atoms with Gasteiger partial charge in [-0.25, -0.2) is 0 Å². The van der Waals surface area contributed by atoms with Crippen LogP contribution in [-0.4, -0.2) is 41.3 Å². The van der Waals surface area contributed by atoms with Gasteiger partial charge in [0.05, 0.1) is 11.0 Å². The first-order valence-electron chi connectivity index (χ1n) is 7.80. The van der Waals surface area contributed by atoms with Crippen molar-refractivity contribution in [2.24, 2.45) is 0 Å². The lowest BCUT2D eigenvalue weighted by Gasteiger charge is -2.13. The lowest BCUT2D eigenvalue weighted by molar-refractivity contribution is -0.149. The third-order valence-electron chi connectivity index (χ3n) is 3.14. The maximum atomic E-state index is 12.5. The summed E-state index contributed by atoms with van der Waals surface area (Å²) in [6, 6.07) is 5.34. The molecule has 0 N–H and O–H groups in total. The number of amides is 2. The van der Waals surface area contributed by atoms with Crippen molar-refractivity contribution < 1.29 is 23.9 Å². The smallest absolute Gasteiger partial charge is 0.326 e. The number of halogens is 1. The number of benzene rings is 1. The lowest BCUT2D eigenvalue weighted by Crippen LogP contribution is -2.35. The van der Waals surface area contributed by atoms with E-state index < -0.39 is 23.7 Å². The van der Waals surface area contributed by atoms with Gasteiger partial charge in [-0.05, 0) is 49.9 Å². The van der Waals surface area contributed by atoms with Crippen LogP contribution in [0.4, 0.5) is 4.79 Å². The lowest BCUT2D eigenvalue weighted by atomic mass is 10.2. The number of thioether (sulfide) groups is 1. The van der Waals surface area contributed by atoms with E-state index in [0.29, 0.717) is 17.9 Å². The van der Waals surface area contributed by atoms with Crippen LogP contribution in [-0.2, 0) is 14.3 Å². The number of nitrogens with zero attached hydrogens (tertiary/aromatic N) is 1. The van der Waals surface area contributed by atoms with Crippen LogP contribution in [0.2, 0.25) is 0 Å². The van der Waals surface area contributed by atoms with Crippen LogP contribution in [0.15, 0.2) is 40.2 Å². The summed E-state index contributed by atoms with van der Waals surface area (Å²) in [4.78, 5) is 37.4. The van der Waals surface area contributed by atoms with Gasteiger partial charge in [-0.1, -0.05) is 28.6 Å². The van der Waals surface area contributed by atoms with Crippen LogP contribution in [0, 0.1) is 0 Å². The Morgan fingerprint density at radius 3 is 2.77 bits per heavy atom. The zero-order chi connectivity index (χ0) is 19.3. The molecule has 6 nitrogen and oxygen atoms in total. The molecule has 1 heterocycles. The Labute approximate surface area is 164 Å². The van der Waals surface area contributed by atoms with E-state index in [9.17, 15) is 14.4 Å². The fraction of sp³-hybridized carbons (Fsp3) is 0.278. The highest BCUT2D eigenvalue weighted by molar-refractivity contribution is 9.10. The van der Waals surface area contributed by atoms with Crippen LogP contribution in [0.1, 0.15) is 19.4 Å². The molecule has 8 heteroatoms. The van der Waals surface area contributed by atoms with Crippen LogP contribution in [0.5, 0.6) is 5.75 Å². The average molecular weight is 440 g/mol. The highest BCUT2D eigenvalue weighted by Crippen LogP contribution is 2.34. The predicted molar refractivity (Wildman–Crippen MR) is 104 cm³/mol. The minimum Gasteiger partial charge on any atom is -0.489 e. The zero-order valence-electron chi connectivity index (χ0n) is 14.4. The van der Waals surface area contributed by atoms with Crippen molar-refractivity contribution in [3.05, 3.63) is 45.8 Å². The van der Waals surface area contributed by atoms with Crippen molar-refractivity contribution in [1.82, 2.24) is 4.90 Å². The quantitative estimate of drug-likeness (QED) is 0.363. The van der Waals surface area contributed by atoms with Crippen molar-refractivity contribution in [1.29, 1.82) is 0 Å². The summed E-state index contributed by atoms with van der Waals surface area (Å²) < 4.78 is 11.4. The summed E-state index contributed by atoms with van der Waals surface area (Å²) >= 11 is 4.15. The Bertz CT molecular complexity index is 775. The van der Waals surface area contributed by atoms with E-state index in [1.54, 1.807) is 38.1 Å². The van der Waals surface area contributed by atoms with Gasteiger partial charge in [0.15, 0.2) is 0 Å². The van der Waals surface area contributed by atoms with Crippen LogP contribution >= 0.6 is 27.7 Å².